The molecule has 18 heavy (non-hydrogen) atoms. The minimum absolute atomic E-state index is 0.153. The number of rotatable bonds is 1. The lowest BCUT2D eigenvalue weighted by Gasteiger charge is -2.37. The number of hydrogen-bond donors (Lipinski definition) is 1. The molecule has 0 bridgehead atoms. The number of carbonyl (C=O) groups is 1. The molecule has 1 saturated heterocycles. The van der Waals surface area contributed by atoms with Crippen molar-refractivity contribution in [3.05, 3.63) is 30.1 Å². The van der Waals surface area contributed by atoms with Crippen LogP contribution in [-0.4, -0.2) is 34.5 Å². The fraction of sp³-hybridized carbons (Fsp3) is 0.462. The summed E-state index contributed by atoms with van der Waals surface area (Å²) < 4.78 is 13.0. The summed E-state index contributed by atoms with van der Waals surface area (Å²) in [5.74, 6) is 0.602. The minimum atomic E-state index is -0.344. The molecule has 2 amide bonds. The number of halogens is 1. The zero-order valence-electron chi connectivity index (χ0n) is 10.5. The standard InChI is InChI=1S/C13H17FN2OS/c1-9-10(2)18-7-6-16(9)13(17)15-12-5-3-4-11(14)8-12/h3-5,8-10H,6-7H2,1-2H3,(H,15,17)/t9-,10+/m1/s1. The van der Waals surface area contributed by atoms with Gasteiger partial charge in [0.05, 0.1) is 0 Å². The molecule has 3 nitrogen and oxygen atoms in total. The fourth-order valence-corrected chi connectivity index (χ4v) is 3.08. The maximum absolute atomic E-state index is 13.0. The van der Waals surface area contributed by atoms with Gasteiger partial charge in [-0.1, -0.05) is 13.0 Å². The Morgan fingerprint density at radius 2 is 2.28 bits per heavy atom. The number of hydrogen-bond acceptors (Lipinski definition) is 2. The van der Waals surface area contributed by atoms with Crippen molar-refractivity contribution in [3.8, 4) is 0 Å². The van der Waals surface area contributed by atoms with E-state index in [0.717, 1.165) is 12.3 Å². The van der Waals surface area contributed by atoms with Gasteiger partial charge in [-0.05, 0) is 25.1 Å². The molecule has 98 valence electrons. The van der Waals surface area contributed by atoms with E-state index < -0.39 is 0 Å². The van der Waals surface area contributed by atoms with Gasteiger partial charge in [-0.25, -0.2) is 9.18 Å². The molecule has 1 aliphatic rings. The Morgan fingerprint density at radius 3 is 3.00 bits per heavy atom. The van der Waals surface area contributed by atoms with Crippen LogP contribution in [0.2, 0.25) is 0 Å². The van der Waals surface area contributed by atoms with Gasteiger partial charge in [0, 0.05) is 29.3 Å². The minimum Gasteiger partial charge on any atom is -0.320 e. The lowest BCUT2D eigenvalue weighted by Crippen LogP contribution is -2.49. The Morgan fingerprint density at radius 1 is 1.50 bits per heavy atom. The van der Waals surface area contributed by atoms with Gasteiger partial charge >= 0.3 is 6.03 Å². The van der Waals surface area contributed by atoms with Gasteiger partial charge in [0.25, 0.3) is 0 Å². The largest absolute Gasteiger partial charge is 0.322 e. The van der Waals surface area contributed by atoms with E-state index in [-0.39, 0.29) is 17.9 Å². The first-order valence-electron chi connectivity index (χ1n) is 6.02. The van der Waals surface area contributed by atoms with Crippen LogP contribution in [0.3, 0.4) is 0 Å². The zero-order chi connectivity index (χ0) is 13.1. The molecular weight excluding hydrogens is 251 g/mol. The number of nitrogens with zero attached hydrogens (tertiary/aromatic N) is 1. The summed E-state index contributed by atoms with van der Waals surface area (Å²) in [6, 6.07) is 6.00. The van der Waals surface area contributed by atoms with Crippen LogP contribution in [0.15, 0.2) is 24.3 Å². The maximum Gasteiger partial charge on any atom is 0.322 e. The summed E-state index contributed by atoms with van der Waals surface area (Å²) in [6.45, 7) is 4.90. The predicted molar refractivity (Wildman–Crippen MR) is 73.5 cm³/mol. The van der Waals surface area contributed by atoms with Crippen molar-refractivity contribution in [2.45, 2.75) is 25.1 Å². The normalized spacial score (nSPS) is 23.8. The molecule has 0 aliphatic carbocycles. The zero-order valence-corrected chi connectivity index (χ0v) is 11.3. The van der Waals surface area contributed by atoms with E-state index in [4.69, 9.17) is 0 Å². The highest BCUT2D eigenvalue weighted by molar-refractivity contribution is 8.00. The first-order valence-corrected chi connectivity index (χ1v) is 7.07. The molecule has 1 aromatic carbocycles. The Balaban J connectivity index is 2.03. The third kappa shape index (κ3) is 2.96. The van der Waals surface area contributed by atoms with Crippen molar-refractivity contribution in [1.29, 1.82) is 0 Å². The fourth-order valence-electron chi connectivity index (χ4n) is 1.98. The van der Waals surface area contributed by atoms with Crippen LogP contribution < -0.4 is 5.32 Å². The number of amides is 2. The molecule has 2 rings (SSSR count). The van der Waals surface area contributed by atoms with Crippen LogP contribution in [0.5, 0.6) is 0 Å². The second kappa shape index (κ2) is 5.61. The molecule has 1 aromatic rings. The number of carbonyl (C=O) groups excluding carboxylic acids is 1. The lowest BCUT2D eigenvalue weighted by molar-refractivity contribution is 0.194. The third-order valence-electron chi connectivity index (χ3n) is 3.22. The monoisotopic (exact) mass is 268 g/mol. The average Bonchev–Trinajstić information content (AvgIpc) is 2.32. The van der Waals surface area contributed by atoms with Crippen LogP contribution >= 0.6 is 11.8 Å². The Labute approximate surface area is 111 Å². The highest BCUT2D eigenvalue weighted by Gasteiger charge is 2.28. The number of urea groups is 1. The van der Waals surface area contributed by atoms with Crippen molar-refractivity contribution in [3.63, 3.8) is 0 Å². The summed E-state index contributed by atoms with van der Waals surface area (Å²) in [5.41, 5.74) is 0.498. The molecular formula is C13H17FN2OS. The molecule has 0 unspecified atom stereocenters. The molecule has 0 radical (unpaired) electrons. The predicted octanol–water partition coefficient (Wildman–Crippen LogP) is 3.18. The van der Waals surface area contributed by atoms with Gasteiger partial charge in [-0.2, -0.15) is 11.8 Å². The van der Waals surface area contributed by atoms with Crippen molar-refractivity contribution in [1.82, 2.24) is 4.90 Å². The SMILES string of the molecule is C[C@@H]1SCCN(C(=O)Nc2cccc(F)c2)[C@@H]1C. The highest BCUT2D eigenvalue weighted by Crippen LogP contribution is 2.24. The van der Waals surface area contributed by atoms with Gasteiger partial charge in [0.1, 0.15) is 5.82 Å². The van der Waals surface area contributed by atoms with Crippen LogP contribution in [0, 0.1) is 5.82 Å². The number of anilines is 1. The van der Waals surface area contributed by atoms with Crippen LogP contribution in [-0.2, 0) is 0 Å². The van der Waals surface area contributed by atoms with Gasteiger partial charge in [-0.15, -0.1) is 0 Å². The van der Waals surface area contributed by atoms with E-state index in [1.807, 2.05) is 23.6 Å². The van der Waals surface area contributed by atoms with Gasteiger partial charge in [0.15, 0.2) is 0 Å². The summed E-state index contributed by atoms with van der Waals surface area (Å²) in [7, 11) is 0. The second-order valence-electron chi connectivity index (χ2n) is 4.45. The molecule has 0 spiro atoms. The van der Waals surface area contributed by atoms with Gasteiger partial charge < -0.3 is 10.2 Å². The number of nitrogens with one attached hydrogen (secondary N) is 1. The van der Waals surface area contributed by atoms with Crippen molar-refractivity contribution in [2.75, 3.05) is 17.6 Å². The van der Waals surface area contributed by atoms with Crippen LogP contribution in [0.4, 0.5) is 14.9 Å². The Bertz CT molecular complexity index is 441. The molecule has 2 atom stereocenters. The summed E-state index contributed by atoms with van der Waals surface area (Å²) in [4.78, 5) is 13.9. The third-order valence-corrected chi connectivity index (χ3v) is 4.56. The van der Waals surface area contributed by atoms with Gasteiger partial charge in [0.2, 0.25) is 0 Å². The molecule has 1 fully saturated rings. The summed E-state index contributed by atoms with van der Waals surface area (Å²) in [5, 5.41) is 3.17. The summed E-state index contributed by atoms with van der Waals surface area (Å²) >= 11 is 1.87. The Hall–Kier alpha value is -1.23. The number of thioether (sulfide) groups is 1. The van der Waals surface area contributed by atoms with E-state index in [2.05, 4.69) is 12.2 Å². The van der Waals surface area contributed by atoms with E-state index >= 15 is 0 Å². The smallest absolute Gasteiger partial charge is 0.320 e. The molecule has 1 N–H and O–H groups in total. The van der Waals surface area contributed by atoms with Crippen molar-refractivity contribution in [2.24, 2.45) is 0 Å². The van der Waals surface area contributed by atoms with Crippen LogP contribution in [0.25, 0.3) is 0 Å². The highest BCUT2D eigenvalue weighted by atomic mass is 32.2. The van der Waals surface area contributed by atoms with E-state index in [9.17, 15) is 9.18 Å². The maximum atomic E-state index is 13.0. The van der Waals surface area contributed by atoms with E-state index in [1.54, 1.807) is 12.1 Å². The average molecular weight is 268 g/mol. The lowest BCUT2D eigenvalue weighted by atomic mass is 10.2. The molecule has 0 aromatic heterocycles. The Kier molecular flexibility index (Phi) is 4.11. The van der Waals surface area contributed by atoms with Crippen molar-refractivity contribution < 1.29 is 9.18 Å². The first-order chi connectivity index (χ1) is 8.58. The van der Waals surface area contributed by atoms with E-state index in [1.165, 1.54) is 12.1 Å². The molecule has 5 heteroatoms. The molecule has 0 saturated carbocycles. The van der Waals surface area contributed by atoms with Crippen LogP contribution in [0.1, 0.15) is 13.8 Å². The topological polar surface area (TPSA) is 32.3 Å². The van der Waals surface area contributed by atoms with Gasteiger partial charge in [-0.3, -0.25) is 0 Å². The molecule has 1 heterocycles. The van der Waals surface area contributed by atoms with E-state index in [0.29, 0.717) is 10.9 Å². The number of benzene rings is 1. The van der Waals surface area contributed by atoms with Crippen molar-refractivity contribution >= 4 is 23.5 Å². The second-order valence-corrected chi connectivity index (χ2v) is 5.94. The summed E-state index contributed by atoms with van der Waals surface area (Å²) in [6.07, 6.45) is 0. The first kappa shape index (κ1) is 13.2. The molecule has 1 aliphatic heterocycles. The quantitative estimate of drug-likeness (QED) is 0.848.